The maximum atomic E-state index is 12.4. The molecule has 1 aliphatic carbocycles. The molecule has 0 bridgehead atoms. The Hall–Kier alpha value is -1.33. The minimum Gasteiger partial charge on any atom is -0.338 e. The number of rotatable bonds is 3. The van der Waals surface area contributed by atoms with Crippen LogP contribution >= 0.6 is 0 Å². The van der Waals surface area contributed by atoms with Gasteiger partial charge in [-0.15, -0.1) is 0 Å². The summed E-state index contributed by atoms with van der Waals surface area (Å²) in [6.45, 7) is 0. The van der Waals surface area contributed by atoms with E-state index in [1.165, 1.54) is 0 Å². The summed E-state index contributed by atoms with van der Waals surface area (Å²) in [5, 5.41) is 0. The van der Waals surface area contributed by atoms with Crippen molar-refractivity contribution in [2.24, 2.45) is 5.92 Å². The molecule has 1 aromatic rings. The first-order valence-corrected chi connectivity index (χ1v) is 4.62. The molecule has 0 spiro atoms. The van der Waals surface area contributed by atoms with Crippen molar-refractivity contribution in [1.29, 1.82) is 0 Å². The molecule has 1 N–H and O–H groups in total. The van der Waals surface area contributed by atoms with Crippen LogP contribution < -0.4 is 0 Å². The van der Waals surface area contributed by atoms with Crippen molar-refractivity contribution >= 4 is 6.29 Å². The zero-order valence-corrected chi connectivity index (χ0v) is 7.77. The second kappa shape index (κ2) is 3.36. The fourth-order valence-corrected chi connectivity index (χ4v) is 1.43. The van der Waals surface area contributed by atoms with Crippen molar-refractivity contribution in [3.63, 3.8) is 0 Å². The third-order valence-corrected chi connectivity index (χ3v) is 2.35. The van der Waals surface area contributed by atoms with Gasteiger partial charge in [-0.25, -0.2) is 4.98 Å². The molecule has 0 saturated heterocycles. The van der Waals surface area contributed by atoms with Gasteiger partial charge < -0.3 is 4.98 Å². The molecule has 2 rings (SSSR count). The Kier molecular flexibility index (Phi) is 2.28. The van der Waals surface area contributed by atoms with Gasteiger partial charge in [-0.2, -0.15) is 13.2 Å². The van der Waals surface area contributed by atoms with Gasteiger partial charge in [-0.05, 0) is 18.8 Å². The highest BCUT2D eigenvalue weighted by Gasteiger charge is 2.37. The molecule has 1 saturated carbocycles. The molecule has 1 aromatic heterocycles. The van der Waals surface area contributed by atoms with Gasteiger partial charge >= 0.3 is 6.18 Å². The molecule has 1 heterocycles. The van der Waals surface area contributed by atoms with Crippen molar-refractivity contribution in [2.75, 3.05) is 0 Å². The van der Waals surface area contributed by atoms with E-state index >= 15 is 0 Å². The number of aromatic nitrogens is 2. The fourth-order valence-electron chi connectivity index (χ4n) is 1.43. The van der Waals surface area contributed by atoms with Gasteiger partial charge in [0.2, 0.25) is 0 Å². The van der Waals surface area contributed by atoms with Crippen molar-refractivity contribution in [3.8, 4) is 0 Å². The standard InChI is InChI=1S/C9H9F3N2O/c10-9(11,12)8-6(4-15)13-7(14-8)3-5-1-2-5/h4-5H,1-3H2,(H,13,14). The Balaban J connectivity index is 2.27. The monoisotopic (exact) mass is 218 g/mol. The summed E-state index contributed by atoms with van der Waals surface area (Å²) in [5.41, 5.74) is -1.58. The van der Waals surface area contributed by atoms with E-state index in [1.54, 1.807) is 0 Å². The number of nitrogens with zero attached hydrogens (tertiary/aromatic N) is 1. The number of nitrogens with one attached hydrogen (secondary N) is 1. The van der Waals surface area contributed by atoms with E-state index < -0.39 is 17.6 Å². The number of hydrogen-bond acceptors (Lipinski definition) is 2. The van der Waals surface area contributed by atoms with Gasteiger partial charge in [-0.1, -0.05) is 0 Å². The minimum atomic E-state index is -4.54. The van der Waals surface area contributed by atoms with Crippen LogP contribution in [-0.2, 0) is 12.6 Å². The average Bonchev–Trinajstić information content (AvgIpc) is 2.81. The first-order valence-electron chi connectivity index (χ1n) is 4.62. The SMILES string of the molecule is O=Cc1nc(CC2CC2)[nH]c1C(F)(F)F. The highest BCUT2D eigenvalue weighted by molar-refractivity contribution is 5.74. The Bertz CT molecular complexity index is 379. The van der Waals surface area contributed by atoms with E-state index in [0.29, 0.717) is 12.3 Å². The summed E-state index contributed by atoms with van der Waals surface area (Å²) >= 11 is 0. The highest BCUT2D eigenvalue weighted by atomic mass is 19.4. The highest BCUT2D eigenvalue weighted by Crippen LogP contribution is 2.34. The minimum absolute atomic E-state index is 0.135. The van der Waals surface area contributed by atoms with Gasteiger partial charge in [-0.3, -0.25) is 4.79 Å². The first kappa shape index (κ1) is 10.2. The third kappa shape index (κ3) is 2.19. The van der Waals surface area contributed by atoms with Crippen molar-refractivity contribution in [3.05, 3.63) is 17.2 Å². The molecule has 82 valence electrons. The second-order valence-corrected chi connectivity index (χ2v) is 3.71. The lowest BCUT2D eigenvalue weighted by Crippen LogP contribution is -2.08. The molecule has 0 radical (unpaired) electrons. The van der Waals surface area contributed by atoms with Gasteiger partial charge in [0, 0.05) is 6.42 Å². The second-order valence-electron chi connectivity index (χ2n) is 3.71. The van der Waals surface area contributed by atoms with Crippen LogP contribution in [0.15, 0.2) is 0 Å². The number of aromatic amines is 1. The zero-order valence-electron chi connectivity index (χ0n) is 7.77. The van der Waals surface area contributed by atoms with Crippen molar-refractivity contribution in [1.82, 2.24) is 9.97 Å². The Morgan fingerprint density at radius 3 is 2.53 bits per heavy atom. The van der Waals surface area contributed by atoms with Gasteiger partial charge in [0.25, 0.3) is 0 Å². The molecule has 6 heteroatoms. The quantitative estimate of drug-likeness (QED) is 0.790. The number of hydrogen-bond donors (Lipinski definition) is 1. The summed E-state index contributed by atoms with van der Waals surface area (Å²) in [6.07, 6.45) is -1.85. The van der Waals surface area contributed by atoms with Crippen LogP contribution in [0.4, 0.5) is 13.2 Å². The van der Waals surface area contributed by atoms with Crippen LogP contribution in [0.3, 0.4) is 0 Å². The molecule has 0 aromatic carbocycles. The van der Waals surface area contributed by atoms with Crippen molar-refractivity contribution < 1.29 is 18.0 Å². The smallest absolute Gasteiger partial charge is 0.338 e. The number of H-pyrrole nitrogens is 1. The van der Waals surface area contributed by atoms with Gasteiger partial charge in [0.15, 0.2) is 12.0 Å². The Labute approximate surface area is 83.7 Å². The molecule has 3 nitrogen and oxygen atoms in total. The summed E-state index contributed by atoms with van der Waals surface area (Å²) in [6, 6.07) is 0. The lowest BCUT2D eigenvalue weighted by Gasteiger charge is -2.02. The lowest BCUT2D eigenvalue weighted by atomic mass is 10.3. The van der Waals surface area contributed by atoms with Gasteiger partial charge in [0.1, 0.15) is 11.5 Å². The molecule has 0 unspecified atom stereocenters. The Morgan fingerprint density at radius 1 is 1.47 bits per heavy atom. The predicted octanol–water partition coefficient (Wildman–Crippen LogP) is 2.19. The van der Waals surface area contributed by atoms with Crippen LogP contribution in [0.25, 0.3) is 0 Å². The fraction of sp³-hybridized carbons (Fsp3) is 0.556. The molecular weight excluding hydrogens is 209 g/mol. The summed E-state index contributed by atoms with van der Waals surface area (Å²) in [4.78, 5) is 16.2. The number of aldehydes is 1. The molecular formula is C9H9F3N2O. The number of carbonyl (C=O) groups is 1. The van der Waals surface area contributed by atoms with Crippen molar-refractivity contribution in [2.45, 2.75) is 25.4 Å². The predicted molar refractivity (Wildman–Crippen MR) is 45.4 cm³/mol. The van der Waals surface area contributed by atoms with E-state index in [0.717, 1.165) is 12.8 Å². The molecule has 0 atom stereocenters. The number of imidazole rings is 1. The Morgan fingerprint density at radius 2 is 2.13 bits per heavy atom. The van der Waals surface area contributed by atoms with E-state index in [-0.39, 0.29) is 12.1 Å². The molecule has 1 aliphatic rings. The molecule has 1 fully saturated rings. The summed E-state index contributed by atoms with van der Waals surface area (Å²) in [5.74, 6) is 0.684. The molecule has 0 aliphatic heterocycles. The number of alkyl halides is 3. The van der Waals surface area contributed by atoms with Crippen LogP contribution in [0, 0.1) is 5.92 Å². The topological polar surface area (TPSA) is 45.8 Å². The van der Waals surface area contributed by atoms with E-state index in [1.807, 2.05) is 0 Å². The van der Waals surface area contributed by atoms with E-state index in [9.17, 15) is 18.0 Å². The largest absolute Gasteiger partial charge is 0.433 e. The van der Waals surface area contributed by atoms with E-state index in [2.05, 4.69) is 9.97 Å². The van der Waals surface area contributed by atoms with E-state index in [4.69, 9.17) is 0 Å². The van der Waals surface area contributed by atoms with Gasteiger partial charge in [0.05, 0.1) is 0 Å². The van der Waals surface area contributed by atoms with Crippen LogP contribution in [0.2, 0.25) is 0 Å². The first-order chi connectivity index (χ1) is 7.00. The lowest BCUT2D eigenvalue weighted by molar-refractivity contribution is -0.141. The van der Waals surface area contributed by atoms with Crippen LogP contribution in [0.1, 0.15) is 34.8 Å². The number of halogens is 3. The average molecular weight is 218 g/mol. The normalized spacial score (nSPS) is 16.7. The summed E-state index contributed by atoms with van der Waals surface area (Å²) in [7, 11) is 0. The maximum absolute atomic E-state index is 12.4. The molecule has 0 amide bonds. The third-order valence-electron chi connectivity index (χ3n) is 2.35. The zero-order chi connectivity index (χ0) is 11.1. The maximum Gasteiger partial charge on any atom is 0.433 e. The number of carbonyl (C=O) groups excluding carboxylic acids is 1. The molecule has 15 heavy (non-hydrogen) atoms. The summed E-state index contributed by atoms with van der Waals surface area (Å²) < 4.78 is 37.1. The van der Waals surface area contributed by atoms with Crippen LogP contribution in [-0.4, -0.2) is 16.3 Å². The van der Waals surface area contributed by atoms with Crippen LogP contribution in [0.5, 0.6) is 0 Å².